The minimum atomic E-state index is 0.0897. The molecule has 112 valence electrons. The lowest BCUT2D eigenvalue weighted by Gasteiger charge is -2.24. The van der Waals surface area contributed by atoms with Crippen LogP contribution in [0.3, 0.4) is 0 Å². The van der Waals surface area contributed by atoms with Gasteiger partial charge in [0, 0.05) is 18.7 Å². The Morgan fingerprint density at radius 1 is 1.10 bits per heavy atom. The van der Waals surface area contributed by atoms with E-state index in [2.05, 4.69) is 12.1 Å². The number of para-hydroxylation sites is 1. The minimum Gasteiger partial charge on any atom is -0.491 e. The summed E-state index contributed by atoms with van der Waals surface area (Å²) < 4.78 is 10.9. The molecule has 1 aromatic rings. The molecule has 1 saturated carbocycles. The highest BCUT2D eigenvalue weighted by Gasteiger charge is 2.23. The first-order valence-electron chi connectivity index (χ1n) is 7.79. The molecule has 0 spiro atoms. The van der Waals surface area contributed by atoms with Crippen LogP contribution in [0.1, 0.15) is 50.1 Å². The summed E-state index contributed by atoms with van der Waals surface area (Å²) in [6, 6.07) is 8.27. The van der Waals surface area contributed by atoms with Crippen molar-refractivity contribution in [2.24, 2.45) is 11.7 Å². The summed E-state index contributed by atoms with van der Waals surface area (Å²) in [4.78, 5) is 0. The first kappa shape index (κ1) is 15.3. The fourth-order valence-electron chi connectivity index (χ4n) is 3.05. The van der Waals surface area contributed by atoms with Crippen LogP contribution in [-0.4, -0.2) is 20.3 Å². The Morgan fingerprint density at radius 3 is 2.50 bits per heavy atom. The maximum Gasteiger partial charge on any atom is 0.124 e. The highest BCUT2D eigenvalue weighted by Crippen LogP contribution is 2.35. The molecule has 1 atom stereocenters. The average Bonchev–Trinajstić information content (AvgIpc) is 2.76. The van der Waals surface area contributed by atoms with Crippen LogP contribution in [0, 0.1) is 5.92 Å². The lowest BCUT2D eigenvalue weighted by Crippen LogP contribution is -2.22. The summed E-state index contributed by atoms with van der Waals surface area (Å²) in [5.74, 6) is 1.51. The van der Waals surface area contributed by atoms with Crippen LogP contribution in [0.4, 0.5) is 0 Å². The zero-order valence-corrected chi connectivity index (χ0v) is 12.5. The van der Waals surface area contributed by atoms with Crippen molar-refractivity contribution in [3.63, 3.8) is 0 Å². The predicted molar refractivity (Wildman–Crippen MR) is 81.9 cm³/mol. The van der Waals surface area contributed by atoms with Gasteiger partial charge in [0.2, 0.25) is 0 Å². The molecule has 2 N–H and O–H groups in total. The predicted octanol–water partition coefficient (Wildman–Crippen LogP) is 3.68. The molecule has 0 aliphatic heterocycles. The Hall–Kier alpha value is -1.06. The van der Waals surface area contributed by atoms with Crippen molar-refractivity contribution < 1.29 is 9.47 Å². The summed E-state index contributed by atoms with van der Waals surface area (Å²) in [5, 5.41) is 0. The van der Waals surface area contributed by atoms with Gasteiger partial charge in [0.05, 0.1) is 6.61 Å². The van der Waals surface area contributed by atoms with E-state index in [1.807, 2.05) is 12.1 Å². The monoisotopic (exact) mass is 277 g/mol. The third-order valence-corrected chi connectivity index (χ3v) is 4.23. The van der Waals surface area contributed by atoms with E-state index in [0.717, 1.165) is 11.3 Å². The molecular weight excluding hydrogens is 250 g/mol. The van der Waals surface area contributed by atoms with E-state index >= 15 is 0 Å². The number of hydrogen-bond donors (Lipinski definition) is 1. The number of nitrogens with two attached hydrogens (primary N) is 1. The van der Waals surface area contributed by atoms with E-state index in [4.69, 9.17) is 15.2 Å². The van der Waals surface area contributed by atoms with Gasteiger partial charge in [0.1, 0.15) is 12.4 Å². The number of methoxy groups -OCH3 is 1. The average molecular weight is 277 g/mol. The van der Waals surface area contributed by atoms with E-state index in [1.54, 1.807) is 7.11 Å². The van der Waals surface area contributed by atoms with Gasteiger partial charge < -0.3 is 15.2 Å². The third-order valence-electron chi connectivity index (χ3n) is 4.23. The van der Waals surface area contributed by atoms with Crippen LogP contribution in [-0.2, 0) is 4.74 Å². The van der Waals surface area contributed by atoms with Crippen molar-refractivity contribution in [3.05, 3.63) is 29.8 Å². The van der Waals surface area contributed by atoms with Crippen molar-refractivity contribution in [3.8, 4) is 5.75 Å². The highest BCUT2D eigenvalue weighted by molar-refractivity contribution is 5.36. The van der Waals surface area contributed by atoms with Gasteiger partial charge in [-0.3, -0.25) is 0 Å². The number of ether oxygens (including phenoxy) is 2. The lowest BCUT2D eigenvalue weighted by molar-refractivity contribution is 0.145. The number of rotatable bonds is 6. The molecular formula is C17H27NO2. The fourth-order valence-corrected chi connectivity index (χ4v) is 3.05. The van der Waals surface area contributed by atoms with Gasteiger partial charge in [0.25, 0.3) is 0 Å². The van der Waals surface area contributed by atoms with Crippen LogP contribution in [0.5, 0.6) is 5.75 Å². The van der Waals surface area contributed by atoms with Gasteiger partial charge in [-0.15, -0.1) is 0 Å². The van der Waals surface area contributed by atoms with Gasteiger partial charge >= 0.3 is 0 Å². The summed E-state index contributed by atoms with van der Waals surface area (Å²) in [5.41, 5.74) is 7.68. The highest BCUT2D eigenvalue weighted by atomic mass is 16.5. The van der Waals surface area contributed by atoms with Crippen molar-refractivity contribution in [1.29, 1.82) is 0 Å². The topological polar surface area (TPSA) is 44.5 Å². The smallest absolute Gasteiger partial charge is 0.124 e. The van der Waals surface area contributed by atoms with Gasteiger partial charge in [-0.05, 0) is 24.8 Å². The molecule has 0 radical (unpaired) electrons. The quantitative estimate of drug-likeness (QED) is 0.637. The summed E-state index contributed by atoms with van der Waals surface area (Å²) >= 11 is 0. The molecule has 0 aromatic heterocycles. The summed E-state index contributed by atoms with van der Waals surface area (Å²) in [6.07, 6.45) is 7.82. The normalized spacial score (nSPS) is 18.5. The molecule has 2 rings (SSSR count). The Morgan fingerprint density at radius 2 is 1.80 bits per heavy atom. The Kier molecular flexibility index (Phi) is 6.34. The van der Waals surface area contributed by atoms with E-state index < -0.39 is 0 Å². The molecule has 3 nitrogen and oxygen atoms in total. The van der Waals surface area contributed by atoms with E-state index in [1.165, 1.54) is 38.5 Å². The molecule has 1 aliphatic carbocycles. The van der Waals surface area contributed by atoms with Gasteiger partial charge in [-0.1, -0.05) is 43.9 Å². The first-order chi connectivity index (χ1) is 9.83. The maximum atomic E-state index is 6.53. The SMILES string of the molecule is COCCOc1ccccc1C(N)C1CCCCCC1. The molecule has 3 heteroatoms. The van der Waals surface area contributed by atoms with Crippen molar-refractivity contribution in [2.75, 3.05) is 20.3 Å². The molecule has 0 amide bonds. The van der Waals surface area contributed by atoms with Crippen molar-refractivity contribution in [2.45, 2.75) is 44.6 Å². The molecule has 0 bridgehead atoms. The molecule has 0 saturated heterocycles. The number of benzene rings is 1. The maximum absolute atomic E-state index is 6.53. The van der Waals surface area contributed by atoms with E-state index in [9.17, 15) is 0 Å². The molecule has 1 aliphatic rings. The standard InChI is InChI=1S/C17H27NO2/c1-19-12-13-20-16-11-7-6-10-15(16)17(18)14-8-4-2-3-5-9-14/h6-7,10-11,14,17H,2-5,8-9,12-13,18H2,1H3. The van der Waals surface area contributed by atoms with Gasteiger partial charge in [0.15, 0.2) is 0 Å². The lowest BCUT2D eigenvalue weighted by atomic mass is 9.87. The van der Waals surface area contributed by atoms with E-state index in [0.29, 0.717) is 19.1 Å². The van der Waals surface area contributed by atoms with Gasteiger partial charge in [-0.25, -0.2) is 0 Å². The second-order valence-electron chi connectivity index (χ2n) is 5.66. The first-order valence-corrected chi connectivity index (χ1v) is 7.79. The third kappa shape index (κ3) is 4.22. The van der Waals surface area contributed by atoms with Crippen LogP contribution >= 0.6 is 0 Å². The Labute approximate surface area is 122 Å². The fraction of sp³-hybridized carbons (Fsp3) is 0.647. The van der Waals surface area contributed by atoms with Crippen molar-refractivity contribution in [1.82, 2.24) is 0 Å². The Balaban J connectivity index is 2.05. The van der Waals surface area contributed by atoms with Gasteiger partial charge in [-0.2, -0.15) is 0 Å². The largest absolute Gasteiger partial charge is 0.491 e. The molecule has 20 heavy (non-hydrogen) atoms. The molecule has 1 aromatic carbocycles. The van der Waals surface area contributed by atoms with Crippen LogP contribution < -0.4 is 10.5 Å². The minimum absolute atomic E-state index is 0.0897. The van der Waals surface area contributed by atoms with Crippen LogP contribution in [0.25, 0.3) is 0 Å². The summed E-state index contributed by atoms with van der Waals surface area (Å²) in [7, 11) is 1.69. The number of hydrogen-bond acceptors (Lipinski definition) is 3. The van der Waals surface area contributed by atoms with Crippen molar-refractivity contribution >= 4 is 0 Å². The van der Waals surface area contributed by atoms with Crippen LogP contribution in [0.2, 0.25) is 0 Å². The zero-order valence-electron chi connectivity index (χ0n) is 12.5. The van der Waals surface area contributed by atoms with E-state index in [-0.39, 0.29) is 6.04 Å². The van der Waals surface area contributed by atoms with Crippen LogP contribution in [0.15, 0.2) is 24.3 Å². The molecule has 0 heterocycles. The summed E-state index contributed by atoms with van der Waals surface area (Å²) in [6.45, 7) is 1.18. The zero-order chi connectivity index (χ0) is 14.2. The molecule has 1 unspecified atom stereocenters. The Bertz CT molecular complexity index is 386. The second kappa shape index (κ2) is 8.28. The molecule has 1 fully saturated rings. The second-order valence-corrected chi connectivity index (χ2v) is 5.66.